The molecule has 0 spiro atoms. The molecule has 0 aromatic heterocycles. The average molecular weight is 331 g/mol. The van der Waals surface area contributed by atoms with E-state index in [9.17, 15) is 14.9 Å². The van der Waals surface area contributed by atoms with E-state index in [1.54, 1.807) is 0 Å². The number of nitrogens with one attached hydrogen (secondary N) is 1. The van der Waals surface area contributed by atoms with Gasteiger partial charge >= 0.3 is 0 Å². The summed E-state index contributed by atoms with van der Waals surface area (Å²) >= 11 is 1.07. The number of nitriles is 1. The maximum Gasteiger partial charge on any atom is 0.227 e. The van der Waals surface area contributed by atoms with Crippen LogP contribution in [0, 0.1) is 11.3 Å². The lowest BCUT2D eigenvalue weighted by Crippen LogP contribution is -2.31. The van der Waals surface area contributed by atoms with Gasteiger partial charge in [-0.25, -0.2) is 0 Å². The number of hydrogen-bond acceptors (Lipinski definition) is 5. The molecule has 1 aliphatic heterocycles. The van der Waals surface area contributed by atoms with Crippen molar-refractivity contribution >= 4 is 23.6 Å². The number of nitrogens with two attached hydrogens (primary N) is 1. The minimum atomic E-state index is -0.508. The van der Waals surface area contributed by atoms with Gasteiger partial charge in [0.2, 0.25) is 11.8 Å². The second-order valence-corrected chi connectivity index (χ2v) is 5.87. The topological polar surface area (TPSA) is 105 Å². The Balaban J connectivity index is 2.43. The lowest BCUT2D eigenvalue weighted by atomic mass is 9.86. The number of carbonyl (C=O) groups is 2. The maximum atomic E-state index is 12.0. The van der Waals surface area contributed by atoms with Crippen molar-refractivity contribution in [3.8, 4) is 11.8 Å². The molecule has 120 valence electrons. The first kappa shape index (κ1) is 16.9. The highest BCUT2D eigenvalue weighted by atomic mass is 32.2. The largest absolute Gasteiger partial charge is 0.494 e. The Morgan fingerprint density at radius 1 is 1.52 bits per heavy atom. The Morgan fingerprint density at radius 2 is 2.26 bits per heavy atom. The number of ether oxygens (including phenoxy) is 1. The second kappa shape index (κ2) is 7.70. The van der Waals surface area contributed by atoms with Crippen LogP contribution in [0.3, 0.4) is 0 Å². The van der Waals surface area contributed by atoms with E-state index in [1.165, 1.54) is 0 Å². The normalized spacial score (nSPS) is 17.4. The van der Waals surface area contributed by atoms with Crippen LogP contribution in [0.1, 0.15) is 24.8 Å². The molecule has 3 N–H and O–H groups in total. The van der Waals surface area contributed by atoms with Crippen molar-refractivity contribution in [2.45, 2.75) is 19.3 Å². The summed E-state index contributed by atoms with van der Waals surface area (Å²) in [7, 11) is 0. The first-order valence-corrected chi connectivity index (χ1v) is 8.12. The number of carbonyl (C=O) groups excluding carboxylic acids is 2. The third kappa shape index (κ3) is 4.05. The predicted octanol–water partition coefficient (Wildman–Crippen LogP) is 1.64. The van der Waals surface area contributed by atoms with E-state index in [0.29, 0.717) is 23.0 Å². The summed E-state index contributed by atoms with van der Waals surface area (Å²) in [4.78, 5) is 23.0. The van der Waals surface area contributed by atoms with Gasteiger partial charge in [-0.2, -0.15) is 5.26 Å². The highest BCUT2D eigenvalue weighted by Gasteiger charge is 2.31. The fraction of sp³-hybridized carbons (Fsp3) is 0.312. The van der Waals surface area contributed by atoms with E-state index in [1.807, 2.05) is 31.2 Å². The van der Waals surface area contributed by atoms with Crippen LogP contribution in [0.5, 0.6) is 5.75 Å². The number of hydrogen-bond donors (Lipinski definition) is 2. The summed E-state index contributed by atoms with van der Waals surface area (Å²) in [5.74, 6) is -0.451. The first-order valence-electron chi connectivity index (χ1n) is 7.13. The van der Waals surface area contributed by atoms with Crippen LogP contribution in [0.15, 0.2) is 34.9 Å². The SMILES string of the molecule is CCOc1ccccc1[C@@H]1CC(=O)NC(SCC(N)=O)=C1C#N. The number of para-hydroxylation sites is 1. The molecule has 6 nitrogen and oxygen atoms in total. The molecule has 1 aromatic carbocycles. The molecule has 0 fully saturated rings. The summed E-state index contributed by atoms with van der Waals surface area (Å²) < 4.78 is 5.61. The van der Waals surface area contributed by atoms with E-state index in [4.69, 9.17) is 10.5 Å². The minimum Gasteiger partial charge on any atom is -0.494 e. The summed E-state index contributed by atoms with van der Waals surface area (Å²) in [6.07, 6.45) is 0.160. The van der Waals surface area contributed by atoms with Crippen LogP contribution in [0.25, 0.3) is 0 Å². The number of benzene rings is 1. The van der Waals surface area contributed by atoms with Crippen LogP contribution < -0.4 is 15.8 Å². The van der Waals surface area contributed by atoms with Crippen molar-refractivity contribution in [3.63, 3.8) is 0 Å². The molecule has 1 aromatic rings. The first-order chi connectivity index (χ1) is 11.1. The zero-order chi connectivity index (χ0) is 16.8. The number of amides is 2. The number of allylic oxidation sites excluding steroid dienone is 1. The summed E-state index contributed by atoms with van der Waals surface area (Å²) in [6, 6.07) is 9.50. The van der Waals surface area contributed by atoms with Crippen molar-refractivity contribution < 1.29 is 14.3 Å². The molecular weight excluding hydrogens is 314 g/mol. The molecule has 1 aliphatic rings. The van der Waals surface area contributed by atoms with E-state index >= 15 is 0 Å². The monoisotopic (exact) mass is 331 g/mol. The predicted molar refractivity (Wildman–Crippen MR) is 87.4 cm³/mol. The van der Waals surface area contributed by atoms with Gasteiger partial charge < -0.3 is 15.8 Å². The fourth-order valence-corrected chi connectivity index (χ4v) is 3.21. The zero-order valence-corrected chi connectivity index (χ0v) is 13.5. The standard InChI is InChI=1S/C16H17N3O3S/c1-2-22-13-6-4-3-5-10(13)11-7-15(21)19-16(12(11)8-17)23-9-14(18)20/h3-6,11H,2,7,9H2,1H3,(H2,18,20)(H,19,21)/t11-/m0/s1. The number of thioether (sulfide) groups is 1. The number of primary amides is 1. The molecule has 0 aliphatic carbocycles. The number of rotatable bonds is 6. The van der Waals surface area contributed by atoms with E-state index in [2.05, 4.69) is 11.4 Å². The van der Waals surface area contributed by atoms with Gasteiger partial charge in [-0.15, -0.1) is 0 Å². The molecule has 1 heterocycles. The van der Waals surface area contributed by atoms with Crippen LogP contribution >= 0.6 is 11.8 Å². The lowest BCUT2D eigenvalue weighted by molar-refractivity contribution is -0.121. The lowest BCUT2D eigenvalue weighted by Gasteiger charge is -2.26. The molecule has 7 heteroatoms. The molecule has 23 heavy (non-hydrogen) atoms. The third-order valence-corrected chi connectivity index (χ3v) is 4.35. The summed E-state index contributed by atoms with van der Waals surface area (Å²) in [6.45, 7) is 2.37. The maximum absolute atomic E-state index is 12.0. The van der Waals surface area contributed by atoms with Crippen molar-refractivity contribution in [2.75, 3.05) is 12.4 Å². The number of nitrogens with zero attached hydrogens (tertiary/aromatic N) is 1. The van der Waals surface area contributed by atoms with Crippen LogP contribution in [-0.4, -0.2) is 24.2 Å². The summed E-state index contributed by atoms with van der Waals surface area (Å²) in [5.41, 5.74) is 6.35. The Bertz CT molecular complexity index is 694. The Hall–Kier alpha value is -2.46. The fourth-order valence-electron chi connectivity index (χ4n) is 2.40. The summed E-state index contributed by atoms with van der Waals surface area (Å²) in [5, 5.41) is 12.6. The third-order valence-electron chi connectivity index (χ3n) is 3.31. The van der Waals surface area contributed by atoms with Gasteiger partial charge in [0.1, 0.15) is 5.75 Å². The minimum absolute atomic E-state index is 0.000615. The molecular formula is C16H17N3O3S. The van der Waals surface area contributed by atoms with Crippen molar-refractivity contribution in [2.24, 2.45) is 5.73 Å². The zero-order valence-electron chi connectivity index (χ0n) is 12.7. The molecule has 1 atom stereocenters. The van der Waals surface area contributed by atoms with Gasteiger partial charge in [0.15, 0.2) is 0 Å². The van der Waals surface area contributed by atoms with Crippen LogP contribution in [-0.2, 0) is 9.59 Å². The second-order valence-electron chi connectivity index (χ2n) is 4.89. The van der Waals surface area contributed by atoms with Gasteiger partial charge in [-0.1, -0.05) is 30.0 Å². The smallest absolute Gasteiger partial charge is 0.227 e. The molecule has 2 amide bonds. The average Bonchev–Trinajstić information content (AvgIpc) is 2.53. The molecule has 0 bridgehead atoms. The molecule has 2 rings (SSSR count). The van der Waals surface area contributed by atoms with E-state index in [-0.39, 0.29) is 18.1 Å². The van der Waals surface area contributed by atoms with Gasteiger partial charge in [-0.3, -0.25) is 9.59 Å². The van der Waals surface area contributed by atoms with Crippen molar-refractivity contribution in [3.05, 3.63) is 40.4 Å². The highest BCUT2D eigenvalue weighted by molar-refractivity contribution is 8.03. The quantitative estimate of drug-likeness (QED) is 0.824. The van der Waals surface area contributed by atoms with Crippen LogP contribution in [0.2, 0.25) is 0 Å². The molecule has 0 saturated carbocycles. The van der Waals surface area contributed by atoms with Crippen molar-refractivity contribution in [1.29, 1.82) is 5.26 Å². The van der Waals surface area contributed by atoms with Gasteiger partial charge in [0.05, 0.1) is 29.0 Å². The highest BCUT2D eigenvalue weighted by Crippen LogP contribution is 2.39. The van der Waals surface area contributed by atoms with Gasteiger partial charge in [0.25, 0.3) is 0 Å². The molecule has 0 unspecified atom stereocenters. The Labute approximate surface area is 138 Å². The van der Waals surface area contributed by atoms with E-state index in [0.717, 1.165) is 17.3 Å². The van der Waals surface area contributed by atoms with Crippen molar-refractivity contribution in [1.82, 2.24) is 5.32 Å². The van der Waals surface area contributed by atoms with Gasteiger partial charge in [0, 0.05) is 17.9 Å². The van der Waals surface area contributed by atoms with Crippen LogP contribution in [0.4, 0.5) is 0 Å². The van der Waals surface area contributed by atoms with E-state index < -0.39 is 11.8 Å². The molecule has 0 saturated heterocycles. The Kier molecular flexibility index (Phi) is 5.66. The molecule has 0 radical (unpaired) electrons. The Morgan fingerprint density at radius 3 is 2.91 bits per heavy atom. The van der Waals surface area contributed by atoms with Gasteiger partial charge in [-0.05, 0) is 13.0 Å².